The molecule has 0 fully saturated rings. The number of rotatable bonds is 13. The van der Waals surface area contributed by atoms with E-state index in [0.717, 1.165) is 35.1 Å². The summed E-state index contributed by atoms with van der Waals surface area (Å²) < 4.78 is 10.8. The normalized spacial score (nSPS) is 10.7. The molecule has 0 aliphatic carbocycles. The van der Waals surface area contributed by atoms with Crippen molar-refractivity contribution in [1.82, 2.24) is 4.90 Å². The van der Waals surface area contributed by atoms with E-state index in [1.165, 1.54) is 5.56 Å². The number of carboxylic acids is 1. The van der Waals surface area contributed by atoms with Crippen LogP contribution in [0.15, 0.2) is 97.1 Å². The highest BCUT2D eigenvalue weighted by Gasteiger charge is 2.19. The van der Waals surface area contributed by atoms with Crippen LogP contribution >= 0.6 is 0 Å². The largest absolute Gasteiger partial charge is 0.497 e. The van der Waals surface area contributed by atoms with Gasteiger partial charge in [-0.3, -0.25) is 9.59 Å². The Morgan fingerprint density at radius 1 is 0.750 bits per heavy atom. The first-order chi connectivity index (χ1) is 19.5. The fraction of sp³-hybridized carbons (Fsp3) is 0.235. The number of carbonyl (C=O) groups excluding carboxylic acids is 1. The van der Waals surface area contributed by atoms with E-state index in [1.807, 2.05) is 71.6 Å². The van der Waals surface area contributed by atoms with Gasteiger partial charge in [0.2, 0.25) is 0 Å². The minimum absolute atomic E-state index is 0.0875. The van der Waals surface area contributed by atoms with Gasteiger partial charge in [0.1, 0.15) is 11.5 Å². The van der Waals surface area contributed by atoms with Crippen LogP contribution in [0.25, 0.3) is 11.1 Å². The molecule has 0 radical (unpaired) electrons. The van der Waals surface area contributed by atoms with Gasteiger partial charge in [-0.05, 0) is 59.2 Å². The number of carbonyl (C=O) groups is 2. The molecule has 206 valence electrons. The average Bonchev–Trinajstić information content (AvgIpc) is 3.00. The van der Waals surface area contributed by atoms with E-state index in [4.69, 9.17) is 14.6 Å². The zero-order valence-electron chi connectivity index (χ0n) is 23.0. The molecule has 0 unspecified atom stereocenters. The highest BCUT2D eigenvalue weighted by Crippen LogP contribution is 2.27. The predicted molar refractivity (Wildman–Crippen MR) is 157 cm³/mol. The first-order valence-corrected chi connectivity index (χ1v) is 13.4. The van der Waals surface area contributed by atoms with Crippen LogP contribution in [0.3, 0.4) is 0 Å². The molecule has 6 nitrogen and oxygen atoms in total. The standard InChI is InChI=1S/C34H35NO5/c1-39-30-21-29(22-31(23-30)40-2)34(38)35(20-8-11-25-9-4-3-5-10-25)24-26-14-16-28(17-15-26)32-13-7-6-12-27(32)18-19-33(36)37/h3-7,9-10,12-17,21-23H,8,11,18-20,24H2,1-2H3,(H,36,37). The Labute approximate surface area is 235 Å². The van der Waals surface area contributed by atoms with Crippen molar-refractivity contribution in [2.45, 2.75) is 32.2 Å². The molecule has 4 aromatic carbocycles. The number of hydrogen-bond acceptors (Lipinski definition) is 4. The SMILES string of the molecule is COc1cc(OC)cc(C(=O)N(CCCc2ccccc2)Cc2ccc(-c3ccccc3CCC(=O)O)cc2)c1. The molecular formula is C34H35NO5. The molecule has 0 spiro atoms. The summed E-state index contributed by atoms with van der Waals surface area (Å²) in [4.78, 5) is 26.7. The van der Waals surface area contributed by atoms with Crippen LogP contribution in [-0.4, -0.2) is 42.6 Å². The fourth-order valence-electron chi connectivity index (χ4n) is 4.76. The number of benzene rings is 4. The molecule has 0 aromatic heterocycles. The molecule has 0 saturated heterocycles. The van der Waals surface area contributed by atoms with E-state index in [-0.39, 0.29) is 12.3 Å². The molecule has 0 bridgehead atoms. The Morgan fingerprint density at radius 3 is 2.05 bits per heavy atom. The Balaban J connectivity index is 1.55. The molecule has 4 aromatic rings. The molecule has 0 heterocycles. The number of aryl methyl sites for hydroxylation is 2. The van der Waals surface area contributed by atoms with Gasteiger partial charge in [0.15, 0.2) is 0 Å². The summed E-state index contributed by atoms with van der Waals surface area (Å²) in [5.74, 6) is 0.236. The lowest BCUT2D eigenvalue weighted by atomic mass is 9.96. The van der Waals surface area contributed by atoms with E-state index in [0.29, 0.717) is 36.6 Å². The Bertz CT molecular complexity index is 1390. The van der Waals surface area contributed by atoms with Gasteiger partial charge in [-0.1, -0.05) is 78.9 Å². The molecule has 0 saturated carbocycles. The Kier molecular flexibility index (Phi) is 9.94. The van der Waals surface area contributed by atoms with E-state index < -0.39 is 5.97 Å². The molecule has 0 aliphatic heterocycles. The maximum Gasteiger partial charge on any atom is 0.303 e. The van der Waals surface area contributed by atoms with Crippen molar-refractivity contribution in [3.63, 3.8) is 0 Å². The minimum atomic E-state index is -0.809. The van der Waals surface area contributed by atoms with Gasteiger partial charge in [0.05, 0.1) is 14.2 Å². The van der Waals surface area contributed by atoms with Crippen molar-refractivity contribution in [1.29, 1.82) is 0 Å². The lowest BCUT2D eigenvalue weighted by Gasteiger charge is -2.24. The highest BCUT2D eigenvalue weighted by molar-refractivity contribution is 5.95. The van der Waals surface area contributed by atoms with E-state index >= 15 is 0 Å². The lowest BCUT2D eigenvalue weighted by molar-refractivity contribution is -0.136. The maximum absolute atomic E-state index is 13.8. The van der Waals surface area contributed by atoms with Gasteiger partial charge in [-0.25, -0.2) is 0 Å². The van der Waals surface area contributed by atoms with Crippen molar-refractivity contribution >= 4 is 11.9 Å². The fourth-order valence-corrected chi connectivity index (χ4v) is 4.76. The summed E-state index contributed by atoms with van der Waals surface area (Å²) in [6, 6.07) is 31.5. The second kappa shape index (κ2) is 14.0. The average molecular weight is 538 g/mol. The molecular weight excluding hydrogens is 502 g/mol. The molecule has 0 atom stereocenters. The second-order valence-electron chi connectivity index (χ2n) is 9.67. The smallest absolute Gasteiger partial charge is 0.303 e. The van der Waals surface area contributed by atoms with Crippen molar-refractivity contribution in [2.24, 2.45) is 0 Å². The first kappa shape index (κ1) is 28.4. The van der Waals surface area contributed by atoms with Crippen LogP contribution in [0.5, 0.6) is 11.5 Å². The molecule has 1 N–H and O–H groups in total. The highest BCUT2D eigenvalue weighted by atomic mass is 16.5. The molecule has 40 heavy (non-hydrogen) atoms. The van der Waals surface area contributed by atoms with Crippen LogP contribution in [0.4, 0.5) is 0 Å². The summed E-state index contributed by atoms with van der Waals surface area (Å²) in [5, 5.41) is 9.12. The van der Waals surface area contributed by atoms with Crippen LogP contribution in [0.1, 0.15) is 39.9 Å². The monoisotopic (exact) mass is 537 g/mol. The van der Waals surface area contributed by atoms with Gasteiger partial charge < -0.3 is 19.5 Å². The van der Waals surface area contributed by atoms with E-state index in [2.05, 4.69) is 12.1 Å². The molecule has 1 amide bonds. The number of amides is 1. The predicted octanol–water partition coefficient (Wildman–Crippen LogP) is 6.66. The third kappa shape index (κ3) is 7.73. The van der Waals surface area contributed by atoms with Gasteiger partial charge in [0, 0.05) is 31.1 Å². The zero-order chi connectivity index (χ0) is 28.3. The number of methoxy groups -OCH3 is 2. The quantitative estimate of drug-likeness (QED) is 0.206. The number of nitrogens with zero attached hydrogens (tertiary/aromatic N) is 1. The zero-order valence-corrected chi connectivity index (χ0v) is 23.0. The minimum Gasteiger partial charge on any atom is -0.497 e. The number of ether oxygens (including phenoxy) is 2. The topological polar surface area (TPSA) is 76.1 Å². The van der Waals surface area contributed by atoms with E-state index in [9.17, 15) is 9.59 Å². The third-order valence-corrected chi connectivity index (χ3v) is 6.89. The summed E-state index contributed by atoms with van der Waals surface area (Å²) in [6.45, 7) is 1.04. The Hall–Kier alpha value is -4.58. The van der Waals surface area contributed by atoms with Crippen LogP contribution in [0.2, 0.25) is 0 Å². The number of aliphatic carboxylic acids is 1. The van der Waals surface area contributed by atoms with Crippen molar-refractivity contribution in [3.8, 4) is 22.6 Å². The van der Waals surface area contributed by atoms with Crippen LogP contribution in [-0.2, 0) is 24.2 Å². The first-order valence-electron chi connectivity index (χ1n) is 13.4. The third-order valence-electron chi connectivity index (χ3n) is 6.89. The summed E-state index contributed by atoms with van der Waals surface area (Å²) in [7, 11) is 3.14. The van der Waals surface area contributed by atoms with Crippen LogP contribution < -0.4 is 9.47 Å². The summed E-state index contributed by atoms with van der Waals surface area (Å²) in [6.07, 6.45) is 2.26. The van der Waals surface area contributed by atoms with Gasteiger partial charge >= 0.3 is 5.97 Å². The van der Waals surface area contributed by atoms with E-state index in [1.54, 1.807) is 32.4 Å². The van der Waals surface area contributed by atoms with Crippen LogP contribution in [0, 0.1) is 0 Å². The summed E-state index contributed by atoms with van der Waals surface area (Å²) in [5.41, 5.74) is 5.81. The molecule has 4 rings (SSSR count). The van der Waals surface area contributed by atoms with Gasteiger partial charge in [-0.2, -0.15) is 0 Å². The van der Waals surface area contributed by atoms with Crippen molar-refractivity contribution in [3.05, 3.63) is 119 Å². The van der Waals surface area contributed by atoms with Gasteiger partial charge in [0.25, 0.3) is 5.91 Å². The number of hydrogen-bond donors (Lipinski definition) is 1. The molecule has 6 heteroatoms. The van der Waals surface area contributed by atoms with Crippen molar-refractivity contribution in [2.75, 3.05) is 20.8 Å². The Morgan fingerprint density at radius 2 is 1.40 bits per heavy atom. The summed E-state index contributed by atoms with van der Waals surface area (Å²) >= 11 is 0. The lowest BCUT2D eigenvalue weighted by Crippen LogP contribution is -2.32. The van der Waals surface area contributed by atoms with Crippen molar-refractivity contribution < 1.29 is 24.2 Å². The maximum atomic E-state index is 13.8. The molecule has 0 aliphatic rings. The second-order valence-corrected chi connectivity index (χ2v) is 9.67. The number of carboxylic acid groups (broad SMARTS) is 1. The van der Waals surface area contributed by atoms with Gasteiger partial charge in [-0.15, -0.1) is 0 Å².